The van der Waals surface area contributed by atoms with Gasteiger partial charge in [-0.25, -0.2) is 4.79 Å². The molecule has 0 aliphatic carbocycles. The first-order valence-corrected chi connectivity index (χ1v) is 15.2. The van der Waals surface area contributed by atoms with Crippen molar-refractivity contribution in [1.82, 2.24) is 9.88 Å². The number of nitrogens with one attached hydrogen (secondary N) is 2. The Bertz CT molecular complexity index is 1570. The molecule has 8 nitrogen and oxygen atoms in total. The maximum atomic E-state index is 13.5. The number of carbonyl (C=O) groups excluding carboxylic acids is 1. The van der Waals surface area contributed by atoms with E-state index in [0.717, 1.165) is 90.6 Å². The summed E-state index contributed by atoms with van der Waals surface area (Å²) in [6, 6.07) is 22.4. The number of hydrogen-bond donors (Lipinski definition) is 2. The van der Waals surface area contributed by atoms with Crippen LogP contribution in [0, 0.1) is 0 Å². The Balaban J connectivity index is 1.23. The summed E-state index contributed by atoms with van der Waals surface area (Å²) in [5.74, 6) is 0. The minimum Gasteiger partial charge on any atom is -0.379 e. The van der Waals surface area contributed by atoms with Crippen molar-refractivity contribution in [3.63, 3.8) is 0 Å². The van der Waals surface area contributed by atoms with Gasteiger partial charge < -0.3 is 25.0 Å². The number of anilines is 3. The Morgan fingerprint density at radius 3 is 2.19 bits per heavy atom. The van der Waals surface area contributed by atoms with Gasteiger partial charge in [0.05, 0.1) is 49.2 Å². The molecule has 0 bridgehead atoms. The molecule has 3 aromatic carbocycles. The molecule has 2 saturated heterocycles. The average Bonchev–Trinajstić information content (AvgIpc) is 3.02. The summed E-state index contributed by atoms with van der Waals surface area (Å²) in [7, 11) is 0. The van der Waals surface area contributed by atoms with Gasteiger partial charge in [0.2, 0.25) is 0 Å². The minimum atomic E-state index is -0.271. The highest BCUT2D eigenvalue weighted by molar-refractivity contribution is 6.10. The predicted octanol–water partition coefficient (Wildman–Crippen LogP) is 6.51. The van der Waals surface area contributed by atoms with Crippen molar-refractivity contribution < 1.29 is 14.3 Å². The largest absolute Gasteiger partial charge is 0.379 e. The highest BCUT2D eigenvalue weighted by atomic mass is 16.5. The maximum absolute atomic E-state index is 13.5. The van der Waals surface area contributed by atoms with Gasteiger partial charge >= 0.3 is 6.03 Å². The molecule has 0 unspecified atom stereocenters. The number of urea groups is 1. The summed E-state index contributed by atoms with van der Waals surface area (Å²) in [5.41, 5.74) is 6.93. The number of hydrogen-bond acceptors (Lipinski definition) is 6. The van der Waals surface area contributed by atoms with Crippen molar-refractivity contribution >= 4 is 33.9 Å². The third-order valence-electron chi connectivity index (χ3n) is 8.22. The molecule has 0 atom stereocenters. The first-order valence-electron chi connectivity index (χ1n) is 15.2. The SMILES string of the molecule is CC(C)(C)c1cccc(NC(=O)Nc2ccc(-c3ccc(CN4CCOCC4)nc3)c3ccccc23)c1N1CCOCC1. The first-order chi connectivity index (χ1) is 20.9. The Morgan fingerprint density at radius 2 is 1.49 bits per heavy atom. The van der Waals surface area contributed by atoms with Crippen molar-refractivity contribution in [2.75, 3.05) is 68.1 Å². The van der Waals surface area contributed by atoms with E-state index in [1.807, 2.05) is 42.6 Å². The van der Waals surface area contributed by atoms with Gasteiger partial charge in [-0.2, -0.15) is 0 Å². The normalized spacial score (nSPS) is 16.3. The summed E-state index contributed by atoms with van der Waals surface area (Å²) in [6.45, 7) is 13.8. The fourth-order valence-corrected chi connectivity index (χ4v) is 5.98. The number of morpholine rings is 2. The van der Waals surface area contributed by atoms with Crippen LogP contribution in [0.15, 0.2) is 72.9 Å². The standard InChI is InChI=1S/C35H41N5O3/c1-35(2,3)30-9-6-10-32(33(30)40-17-21-43-22-18-40)38-34(41)37-31-14-13-27(28-7-4-5-8-29(28)31)25-11-12-26(36-23-25)24-39-15-19-42-20-16-39/h4-14,23H,15-22,24H2,1-3H3,(H2,37,38,41). The lowest BCUT2D eigenvalue weighted by molar-refractivity contribution is 0.0336. The van der Waals surface area contributed by atoms with E-state index in [1.165, 1.54) is 5.56 Å². The Kier molecular flexibility index (Phi) is 8.61. The average molecular weight is 580 g/mol. The van der Waals surface area contributed by atoms with Crippen LogP contribution in [-0.2, 0) is 21.4 Å². The lowest BCUT2D eigenvalue weighted by atomic mass is 9.85. The minimum absolute atomic E-state index is 0.0800. The number of benzene rings is 3. The number of aromatic nitrogens is 1. The molecule has 43 heavy (non-hydrogen) atoms. The molecular formula is C35H41N5O3. The highest BCUT2D eigenvalue weighted by Gasteiger charge is 2.26. The number of amides is 2. The van der Waals surface area contributed by atoms with Crippen LogP contribution in [-0.4, -0.2) is 68.5 Å². The highest BCUT2D eigenvalue weighted by Crippen LogP contribution is 2.39. The second-order valence-corrected chi connectivity index (χ2v) is 12.3. The Labute approximate surface area is 254 Å². The van der Waals surface area contributed by atoms with Crippen molar-refractivity contribution in [1.29, 1.82) is 0 Å². The third-order valence-corrected chi connectivity index (χ3v) is 8.22. The monoisotopic (exact) mass is 579 g/mol. The van der Waals surface area contributed by atoms with E-state index >= 15 is 0 Å². The zero-order valence-electron chi connectivity index (χ0n) is 25.4. The molecule has 1 aromatic heterocycles. The van der Waals surface area contributed by atoms with Gasteiger partial charge in [-0.05, 0) is 40.1 Å². The smallest absolute Gasteiger partial charge is 0.323 e. The van der Waals surface area contributed by atoms with Gasteiger partial charge in [0.25, 0.3) is 0 Å². The second-order valence-electron chi connectivity index (χ2n) is 12.3. The molecule has 0 spiro atoms. The molecule has 8 heteroatoms. The second kappa shape index (κ2) is 12.7. The molecular weight excluding hydrogens is 538 g/mol. The number of pyridine rings is 1. The van der Waals surface area contributed by atoms with E-state index in [4.69, 9.17) is 14.5 Å². The summed E-state index contributed by atoms with van der Waals surface area (Å²) >= 11 is 0. The van der Waals surface area contributed by atoms with Crippen molar-refractivity contribution in [3.8, 4) is 11.1 Å². The van der Waals surface area contributed by atoms with Crippen LogP contribution in [0.5, 0.6) is 0 Å². The molecule has 0 radical (unpaired) electrons. The summed E-state index contributed by atoms with van der Waals surface area (Å²) < 4.78 is 11.1. The van der Waals surface area contributed by atoms with Crippen LogP contribution < -0.4 is 15.5 Å². The van der Waals surface area contributed by atoms with E-state index in [9.17, 15) is 4.79 Å². The maximum Gasteiger partial charge on any atom is 0.323 e. The molecule has 4 aromatic rings. The van der Waals surface area contributed by atoms with Gasteiger partial charge in [-0.15, -0.1) is 0 Å². The van der Waals surface area contributed by atoms with Crippen LogP contribution in [0.4, 0.5) is 21.9 Å². The predicted molar refractivity (Wildman–Crippen MR) is 174 cm³/mol. The van der Waals surface area contributed by atoms with E-state index in [2.05, 4.69) is 71.5 Å². The Hall–Kier alpha value is -3.98. The zero-order valence-corrected chi connectivity index (χ0v) is 25.4. The molecule has 6 rings (SSSR count). The quantitative estimate of drug-likeness (QED) is 0.271. The van der Waals surface area contributed by atoms with Gasteiger partial charge in [0.1, 0.15) is 0 Å². The topological polar surface area (TPSA) is 79.0 Å². The van der Waals surface area contributed by atoms with Crippen molar-refractivity contribution in [2.24, 2.45) is 0 Å². The molecule has 2 aliphatic heterocycles. The number of carbonyl (C=O) groups is 1. The number of rotatable bonds is 6. The van der Waals surface area contributed by atoms with Crippen LogP contribution in [0.2, 0.25) is 0 Å². The first kappa shape index (κ1) is 29.1. The molecule has 0 saturated carbocycles. The fraction of sp³-hybridized carbons (Fsp3) is 0.371. The lowest BCUT2D eigenvalue weighted by Crippen LogP contribution is -2.38. The lowest BCUT2D eigenvalue weighted by Gasteiger charge is -2.35. The van der Waals surface area contributed by atoms with Crippen LogP contribution in [0.25, 0.3) is 21.9 Å². The van der Waals surface area contributed by atoms with Crippen LogP contribution in [0.3, 0.4) is 0 Å². The van der Waals surface area contributed by atoms with E-state index in [-0.39, 0.29) is 11.4 Å². The summed E-state index contributed by atoms with van der Waals surface area (Å²) in [4.78, 5) is 23.0. The molecule has 2 amide bonds. The van der Waals surface area contributed by atoms with Crippen LogP contribution in [0.1, 0.15) is 32.0 Å². The Morgan fingerprint density at radius 1 is 0.791 bits per heavy atom. The molecule has 2 N–H and O–H groups in total. The van der Waals surface area contributed by atoms with Gasteiger partial charge in [0, 0.05) is 49.9 Å². The molecule has 2 aliphatic rings. The van der Waals surface area contributed by atoms with Gasteiger partial charge in [-0.3, -0.25) is 9.88 Å². The van der Waals surface area contributed by atoms with Crippen LogP contribution >= 0.6 is 0 Å². The number of fused-ring (bicyclic) bond motifs is 1. The van der Waals surface area contributed by atoms with Gasteiger partial charge in [-0.1, -0.05) is 69.3 Å². The number of para-hydroxylation sites is 1. The van der Waals surface area contributed by atoms with Gasteiger partial charge in [0.15, 0.2) is 0 Å². The van der Waals surface area contributed by atoms with E-state index < -0.39 is 0 Å². The molecule has 2 fully saturated rings. The number of nitrogens with zero attached hydrogens (tertiary/aromatic N) is 3. The summed E-state index contributed by atoms with van der Waals surface area (Å²) in [5, 5.41) is 8.33. The van der Waals surface area contributed by atoms with Crippen molar-refractivity contribution in [2.45, 2.75) is 32.7 Å². The third kappa shape index (κ3) is 6.67. The van der Waals surface area contributed by atoms with E-state index in [1.54, 1.807) is 0 Å². The van der Waals surface area contributed by atoms with E-state index in [0.29, 0.717) is 13.2 Å². The van der Waals surface area contributed by atoms with Crippen molar-refractivity contribution in [3.05, 3.63) is 84.2 Å². The molecule has 224 valence electrons. The number of ether oxygens (including phenoxy) is 2. The summed E-state index contributed by atoms with van der Waals surface area (Å²) in [6.07, 6.45) is 1.95. The zero-order chi connectivity index (χ0) is 29.8. The molecule has 3 heterocycles. The fourth-order valence-electron chi connectivity index (χ4n) is 5.98.